The van der Waals surface area contributed by atoms with E-state index < -0.39 is 0 Å². The van der Waals surface area contributed by atoms with Crippen LogP contribution in [0.2, 0.25) is 0 Å². The van der Waals surface area contributed by atoms with Gasteiger partial charge < -0.3 is 10.6 Å². The number of nitrogens with zero attached hydrogens (tertiary/aromatic N) is 2. The quantitative estimate of drug-likeness (QED) is 0.628. The molecule has 1 aromatic rings. The molecule has 0 amide bonds. The van der Waals surface area contributed by atoms with Crippen molar-refractivity contribution in [3.05, 3.63) is 35.4 Å². The van der Waals surface area contributed by atoms with Gasteiger partial charge in [0.05, 0.1) is 6.04 Å². The van der Waals surface area contributed by atoms with Crippen molar-refractivity contribution in [2.45, 2.75) is 38.1 Å². The fraction of sp³-hybridized carbons (Fsp3) is 0.588. The molecule has 1 saturated carbocycles. The number of hydrogen-bond acceptors (Lipinski definition) is 1. The van der Waals surface area contributed by atoms with Crippen LogP contribution in [0.4, 0.5) is 0 Å². The number of fused-ring (bicyclic) bond motifs is 3. The van der Waals surface area contributed by atoms with Gasteiger partial charge in [0.25, 0.3) is 0 Å². The summed E-state index contributed by atoms with van der Waals surface area (Å²) in [5, 5.41) is 0. The highest BCUT2D eigenvalue weighted by Gasteiger charge is 2.56. The first-order chi connectivity index (χ1) is 9.74. The second-order valence-corrected chi connectivity index (χ2v) is 6.74. The van der Waals surface area contributed by atoms with Crippen molar-refractivity contribution in [1.82, 2.24) is 4.90 Å². The average molecular weight is 269 g/mol. The number of benzene rings is 1. The molecule has 106 valence electrons. The van der Waals surface area contributed by atoms with Crippen LogP contribution in [0.1, 0.15) is 36.8 Å². The molecule has 0 bridgehead atoms. The second kappa shape index (κ2) is 4.51. The summed E-state index contributed by atoms with van der Waals surface area (Å²) in [6, 6.07) is 9.27. The molecule has 3 atom stereocenters. The van der Waals surface area contributed by atoms with E-state index in [2.05, 4.69) is 36.1 Å². The van der Waals surface area contributed by atoms with Crippen LogP contribution < -0.4 is 5.73 Å². The molecule has 20 heavy (non-hydrogen) atoms. The zero-order valence-corrected chi connectivity index (χ0v) is 12.1. The highest BCUT2D eigenvalue weighted by molar-refractivity contribution is 5.79. The lowest BCUT2D eigenvalue weighted by atomic mass is 10.00. The molecule has 3 aliphatic rings. The average Bonchev–Trinajstić information content (AvgIpc) is 2.97. The van der Waals surface area contributed by atoms with Crippen LogP contribution in [0, 0.1) is 11.8 Å². The van der Waals surface area contributed by atoms with Crippen molar-refractivity contribution < 1.29 is 0 Å². The molecule has 2 aliphatic carbocycles. The topological polar surface area (TPSA) is 41.6 Å². The van der Waals surface area contributed by atoms with Crippen LogP contribution >= 0.6 is 0 Å². The molecule has 3 heteroatoms. The molecule has 1 heterocycles. The Morgan fingerprint density at radius 3 is 2.80 bits per heavy atom. The van der Waals surface area contributed by atoms with Crippen LogP contribution in [-0.4, -0.2) is 30.0 Å². The molecule has 0 aromatic heterocycles. The largest absolute Gasteiger partial charge is 0.370 e. The van der Waals surface area contributed by atoms with Crippen molar-refractivity contribution in [3.63, 3.8) is 0 Å². The van der Waals surface area contributed by atoms with E-state index in [1.54, 1.807) is 0 Å². The van der Waals surface area contributed by atoms with Gasteiger partial charge in [-0.1, -0.05) is 31.2 Å². The van der Waals surface area contributed by atoms with E-state index in [1.165, 1.54) is 30.4 Å². The van der Waals surface area contributed by atoms with Gasteiger partial charge >= 0.3 is 0 Å². The summed E-state index contributed by atoms with van der Waals surface area (Å²) < 4.78 is 0. The van der Waals surface area contributed by atoms with Crippen LogP contribution in [0.5, 0.6) is 0 Å². The minimum Gasteiger partial charge on any atom is -0.370 e. The fourth-order valence-corrected chi connectivity index (χ4v) is 3.97. The molecule has 3 unspecified atom stereocenters. The Labute approximate surface area is 120 Å². The third-order valence-corrected chi connectivity index (χ3v) is 5.39. The minimum absolute atomic E-state index is 0.448. The van der Waals surface area contributed by atoms with E-state index in [-0.39, 0.29) is 0 Å². The van der Waals surface area contributed by atoms with Crippen LogP contribution in [0.25, 0.3) is 0 Å². The molecule has 2 N–H and O–H groups in total. The van der Waals surface area contributed by atoms with Gasteiger partial charge in [-0.2, -0.15) is 0 Å². The Balaban J connectivity index is 1.46. The Morgan fingerprint density at radius 2 is 2.00 bits per heavy atom. The van der Waals surface area contributed by atoms with Gasteiger partial charge in [0, 0.05) is 19.0 Å². The summed E-state index contributed by atoms with van der Waals surface area (Å²) in [4.78, 5) is 7.12. The summed E-state index contributed by atoms with van der Waals surface area (Å²) >= 11 is 0. The van der Waals surface area contributed by atoms with Crippen molar-refractivity contribution in [2.75, 3.05) is 13.1 Å². The SMILES string of the molecule is CC1CCN(C(N)=NC2C3Cc4ccccc4C32)CC1. The molecule has 1 aromatic carbocycles. The van der Waals surface area contributed by atoms with Gasteiger partial charge in [-0.3, -0.25) is 0 Å². The van der Waals surface area contributed by atoms with E-state index in [4.69, 9.17) is 10.7 Å². The highest BCUT2D eigenvalue weighted by atomic mass is 15.3. The maximum atomic E-state index is 6.23. The van der Waals surface area contributed by atoms with Crippen molar-refractivity contribution >= 4 is 5.96 Å². The van der Waals surface area contributed by atoms with Gasteiger partial charge in [-0.25, -0.2) is 4.99 Å². The van der Waals surface area contributed by atoms with E-state index in [9.17, 15) is 0 Å². The Morgan fingerprint density at radius 1 is 1.25 bits per heavy atom. The maximum absolute atomic E-state index is 6.23. The maximum Gasteiger partial charge on any atom is 0.191 e. The molecular weight excluding hydrogens is 246 g/mol. The Bertz CT molecular complexity index is 543. The van der Waals surface area contributed by atoms with Crippen molar-refractivity contribution in [2.24, 2.45) is 22.6 Å². The molecular formula is C17H23N3. The lowest BCUT2D eigenvalue weighted by molar-refractivity contribution is 0.277. The van der Waals surface area contributed by atoms with Gasteiger partial charge in [0.2, 0.25) is 0 Å². The molecule has 0 spiro atoms. The van der Waals surface area contributed by atoms with E-state index in [0.717, 1.165) is 30.9 Å². The summed E-state index contributed by atoms with van der Waals surface area (Å²) in [6.07, 6.45) is 3.69. The molecule has 2 fully saturated rings. The van der Waals surface area contributed by atoms with Crippen LogP contribution in [0.15, 0.2) is 29.3 Å². The van der Waals surface area contributed by atoms with Crippen LogP contribution in [-0.2, 0) is 6.42 Å². The predicted molar refractivity (Wildman–Crippen MR) is 81.8 cm³/mol. The third-order valence-electron chi connectivity index (χ3n) is 5.39. The number of aliphatic imine (C=N–C) groups is 1. The van der Waals surface area contributed by atoms with Gasteiger partial charge in [0.15, 0.2) is 5.96 Å². The first-order valence-corrected chi connectivity index (χ1v) is 7.90. The predicted octanol–water partition coefficient (Wildman–Crippen LogP) is 2.37. The molecule has 1 aliphatic heterocycles. The zero-order chi connectivity index (χ0) is 13.7. The first-order valence-electron chi connectivity index (χ1n) is 7.90. The monoisotopic (exact) mass is 269 g/mol. The molecule has 4 rings (SSSR count). The van der Waals surface area contributed by atoms with Gasteiger partial charge in [0.1, 0.15) is 0 Å². The summed E-state index contributed by atoms with van der Waals surface area (Å²) in [5.74, 6) is 2.99. The number of hydrogen-bond donors (Lipinski definition) is 1. The minimum atomic E-state index is 0.448. The summed E-state index contributed by atoms with van der Waals surface area (Å²) in [6.45, 7) is 4.48. The van der Waals surface area contributed by atoms with E-state index in [0.29, 0.717) is 12.0 Å². The zero-order valence-electron chi connectivity index (χ0n) is 12.1. The molecule has 1 saturated heterocycles. The van der Waals surface area contributed by atoms with E-state index >= 15 is 0 Å². The lowest BCUT2D eigenvalue weighted by Gasteiger charge is -2.31. The summed E-state index contributed by atoms with van der Waals surface area (Å²) in [7, 11) is 0. The summed E-state index contributed by atoms with van der Waals surface area (Å²) in [5.41, 5.74) is 9.28. The van der Waals surface area contributed by atoms with Gasteiger partial charge in [-0.05, 0) is 42.2 Å². The second-order valence-electron chi connectivity index (χ2n) is 6.74. The normalized spacial score (nSPS) is 33.0. The number of likely N-dealkylation sites (tertiary alicyclic amines) is 1. The number of guanidine groups is 1. The van der Waals surface area contributed by atoms with Crippen molar-refractivity contribution in [3.8, 4) is 0 Å². The molecule has 3 nitrogen and oxygen atoms in total. The number of piperidine rings is 1. The highest BCUT2D eigenvalue weighted by Crippen LogP contribution is 2.58. The number of rotatable bonds is 1. The molecule has 0 radical (unpaired) electrons. The Kier molecular flexibility index (Phi) is 2.76. The van der Waals surface area contributed by atoms with Crippen LogP contribution in [0.3, 0.4) is 0 Å². The standard InChI is InChI=1S/C17H23N3/c1-11-6-8-20(9-7-11)17(18)19-16-14-10-12-4-2-3-5-13(12)15(14)16/h2-5,11,14-16H,6-10H2,1H3,(H2,18,19). The third kappa shape index (κ3) is 1.91. The lowest BCUT2D eigenvalue weighted by Crippen LogP contribution is -2.42. The van der Waals surface area contributed by atoms with E-state index in [1.807, 2.05) is 0 Å². The fourth-order valence-electron chi connectivity index (χ4n) is 3.97. The Hall–Kier alpha value is -1.51. The van der Waals surface area contributed by atoms with Gasteiger partial charge in [-0.15, -0.1) is 0 Å². The smallest absolute Gasteiger partial charge is 0.191 e. The number of nitrogens with two attached hydrogens (primary N) is 1. The first kappa shape index (κ1) is 12.2. The van der Waals surface area contributed by atoms with Crippen molar-refractivity contribution in [1.29, 1.82) is 0 Å².